The second-order valence-corrected chi connectivity index (χ2v) is 9.11. The lowest BCUT2D eigenvalue weighted by atomic mass is 9.93. The van der Waals surface area contributed by atoms with Crippen molar-refractivity contribution in [3.63, 3.8) is 0 Å². The van der Waals surface area contributed by atoms with Gasteiger partial charge in [0, 0.05) is 0 Å². The van der Waals surface area contributed by atoms with E-state index in [0.717, 1.165) is 5.39 Å². The first-order valence-corrected chi connectivity index (χ1v) is 11.6. The maximum atomic E-state index is 13.3. The van der Waals surface area contributed by atoms with Crippen LogP contribution in [-0.4, -0.2) is 6.61 Å². The topological polar surface area (TPSA) is 35.5 Å². The maximum Gasteiger partial charge on any atom is 0.410 e. The first kappa shape index (κ1) is 20.6. The van der Waals surface area contributed by atoms with Crippen LogP contribution in [-0.2, 0) is 9.09 Å². The summed E-state index contributed by atoms with van der Waals surface area (Å²) in [7, 11) is -3.41. The van der Waals surface area contributed by atoms with Crippen molar-refractivity contribution in [2.45, 2.75) is 46.0 Å². The molecule has 0 saturated heterocycles. The average molecular weight is 396 g/mol. The molecule has 0 aliphatic heterocycles. The summed E-state index contributed by atoms with van der Waals surface area (Å²) in [5, 5.41) is 2.80. The minimum atomic E-state index is -3.41. The molecule has 0 heterocycles. The highest BCUT2D eigenvalue weighted by molar-refractivity contribution is 7.62. The van der Waals surface area contributed by atoms with E-state index in [2.05, 4.69) is 32.0 Å². The van der Waals surface area contributed by atoms with Gasteiger partial charge >= 0.3 is 7.60 Å². The number of unbranched alkanes of at least 4 members (excludes halogenated alkanes) is 1. The van der Waals surface area contributed by atoms with Gasteiger partial charge in [0.15, 0.2) is 0 Å². The van der Waals surface area contributed by atoms with Gasteiger partial charge in [0.1, 0.15) is 5.75 Å². The molecular formula is C24H29O3P. The number of fused-ring (bicyclic) bond motifs is 1. The van der Waals surface area contributed by atoms with Crippen LogP contribution in [0.3, 0.4) is 0 Å². The number of hydrogen-bond acceptors (Lipinski definition) is 3. The van der Waals surface area contributed by atoms with E-state index in [1.807, 2.05) is 43.3 Å². The Balaban J connectivity index is 1.86. The summed E-state index contributed by atoms with van der Waals surface area (Å²) < 4.78 is 24.8. The Morgan fingerprint density at radius 3 is 2.36 bits per heavy atom. The van der Waals surface area contributed by atoms with Crippen molar-refractivity contribution < 1.29 is 13.6 Å². The molecule has 0 N–H and O–H groups in total. The Labute approximate surface area is 168 Å². The van der Waals surface area contributed by atoms with Gasteiger partial charge in [-0.15, -0.1) is 0 Å². The van der Waals surface area contributed by atoms with Gasteiger partial charge in [0.25, 0.3) is 0 Å². The van der Waals surface area contributed by atoms with Gasteiger partial charge in [-0.05, 0) is 59.9 Å². The minimum absolute atomic E-state index is 0.318. The Hall–Kier alpha value is -2.09. The zero-order chi connectivity index (χ0) is 20.0. The van der Waals surface area contributed by atoms with E-state index in [0.29, 0.717) is 23.6 Å². The molecule has 0 aliphatic carbocycles. The molecule has 0 fully saturated rings. The normalized spacial score (nSPS) is 14.5. The summed E-state index contributed by atoms with van der Waals surface area (Å²) in [5.41, 5.74) is 1.36. The molecule has 148 valence electrons. The summed E-state index contributed by atoms with van der Waals surface area (Å²) in [6, 6.07) is 21.5. The Morgan fingerprint density at radius 2 is 1.64 bits per heavy atom. The number of hydrogen-bond donors (Lipinski definition) is 0. The van der Waals surface area contributed by atoms with Gasteiger partial charge in [-0.2, -0.15) is 0 Å². The third-order valence-corrected chi connectivity index (χ3v) is 6.97. The molecule has 2 unspecified atom stereocenters. The predicted octanol–water partition coefficient (Wildman–Crippen LogP) is 7.07. The molecule has 3 rings (SSSR count). The van der Waals surface area contributed by atoms with Gasteiger partial charge in [0.05, 0.1) is 11.9 Å². The van der Waals surface area contributed by atoms with Crippen LogP contribution in [0, 0.1) is 0 Å². The van der Waals surface area contributed by atoms with Crippen molar-refractivity contribution in [1.29, 1.82) is 0 Å². The van der Waals surface area contributed by atoms with Gasteiger partial charge in [0.2, 0.25) is 0 Å². The molecule has 4 heteroatoms. The molecule has 0 aliphatic rings. The van der Waals surface area contributed by atoms with E-state index in [4.69, 9.17) is 9.05 Å². The Bertz CT molecular complexity index is 952. The predicted molar refractivity (Wildman–Crippen MR) is 118 cm³/mol. The first-order valence-electron chi connectivity index (χ1n) is 10.1. The van der Waals surface area contributed by atoms with E-state index in [1.54, 1.807) is 12.1 Å². The van der Waals surface area contributed by atoms with E-state index in [-0.39, 0.29) is 0 Å². The molecule has 3 aromatic rings. The molecule has 28 heavy (non-hydrogen) atoms. The molecule has 0 aromatic heterocycles. The lowest BCUT2D eigenvalue weighted by molar-refractivity contribution is 0.289. The van der Waals surface area contributed by atoms with E-state index in [1.165, 1.54) is 30.2 Å². The van der Waals surface area contributed by atoms with Crippen molar-refractivity contribution in [3.05, 3.63) is 72.3 Å². The zero-order valence-electron chi connectivity index (χ0n) is 16.9. The largest absolute Gasteiger partial charge is 0.421 e. The van der Waals surface area contributed by atoms with Crippen LogP contribution in [0.5, 0.6) is 5.75 Å². The molecule has 0 spiro atoms. The summed E-state index contributed by atoms with van der Waals surface area (Å²) in [5.74, 6) is 1.11. The maximum absolute atomic E-state index is 13.3. The van der Waals surface area contributed by atoms with E-state index >= 15 is 0 Å². The third kappa shape index (κ3) is 4.84. The molecule has 0 saturated carbocycles. The van der Waals surface area contributed by atoms with Gasteiger partial charge < -0.3 is 4.52 Å². The molecule has 2 atom stereocenters. The average Bonchev–Trinajstić information content (AvgIpc) is 2.72. The van der Waals surface area contributed by atoms with Gasteiger partial charge in [-0.1, -0.05) is 69.2 Å². The highest BCUT2D eigenvalue weighted by Gasteiger charge is 2.28. The van der Waals surface area contributed by atoms with Crippen LogP contribution >= 0.6 is 7.60 Å². The van der Waals surface area contributed by atoms with Crippen LogP contribution in [0.2, 0.25) is 0 Å². The summed E-state index contributed by atoms with van der Waals surface area (Å²) >= 11 is 0. The molecule has 3 nitrogen and oxygen atoms in total. The van der Waals surface area contributed by atoms with Crippen molar-refractivity contribution >= 4 is 23.7 Å². The van der Waals surface area contributed by atoms with Crippen molar-refractivity contribution in [1.82, 2.24) is 0 Å². The SMILES string of the molecule is CCCCC(C)c1ccc2cc(OP(=O)(OCC)c3ccccc3)ccc2c1. The van der Waals surface area contributed by atoms with Crippen molar-refractivity contribution in [3.8, 4) is 5.75 Å². The molecule has 3 aromatic carbocycles. The smallest absolute Gasteiger partial charge is 0.410 e. The van der Waals surface area contributed by atoms with E-state index < -0.39 is 7.60 Å². The first-order chi connectivity index (χ1) is 13.6. The summed E-state index contributed by atoms with van der Waals surface area (Å²) in [4.78, 5) is 0. The lowest BCUT2D eigenvalue weighted by Gasteiger charge is -2.19. The van der Waals surface area contributed by atoms with Crippen LogP contribution < -0.4 is 9.83 Å². The standard InChI is InChI=1S/C24H29O3P/c1-4-6-10-19(3)20-13-14-22-18-23(16-15-21(22)17-20)27-28(25,26-5-2)24-11-8-7-9-12-24/h7-9,11-19H,4-6,10H2,1-3H3. The molecule has 0 amide bonds. The Kier molecular flexibility index (Phi) is 6.93. The highest BCUT2D eigenvalue weighted by Crippen LogP contribution is 2.47. The van der Waals surface area contributed by atoms with E-state index in [9.17, 15) is 4.57 Å². The minimum Gasteiger partial charge on any atom is -0.421 e. The van der Waals surface area contributed by atoms with Crippen molar-refractivity contribution in [2.24, 2.45) is 0 Å². The van der Waals surface area contributed by atoms with Crippen LogP contribution in [0.4, 0.5) is 0 Å². The Morgan fingerprint density at radius 1 is 0.929 bits per heavy atom. The van der Waals surface area contributed by atoms with Crippen LogP contribution in [0.15, 0.2) is 66.7 Å². The highest BCUT2D eigenvalue weighted by atomic mass is 31.2. The van der Waals surface area contributed by atoms with Crippen LogP contribution in [0.25, 0.3) is 10.8 Å². The van der Waals surface area contributed by atoms with Gasteiger partial charge in [-0.3, -0.25) is 4.52 Å². The molecular weight excluding hydrogens is 367 g/mol. The fourth-order valence-corrected chi connectivity index (χ4v) is 4.93. The quantitative estimate of drug-likeness (QED) is 0.363. The fourth-order valence-electron chi connectivity index (χ4n) is 3.36. The fraction of sp³-hybridized carbons (Fsp3) is 0.333. The second kappa shape index (κ2) is 9.41. The molecule has 0 bridgehead atoms. The number of benzene rings is 3. The second-order valence-electron chi connectivity index (χ2n) is 7.15. The monoisotopic (exact) mass is 396 g/mol. The lowest BCUT2D eigenvalue weighted by Crippen LogP contribution is -2.12. The molecule has 0 radical (unpaired) electrons. The van der Waals surface area contributed by atoms with Gasteiger partial charge in [-0.25, -0.2) is 4.57 Å². The summed E-state index contributed by atoms with van der Waals surface area (Å²) in [6.45, 7) is 6.65. The number of rotatable bonds is 9. The third-order valence-electron chi connectivity index (χ3n) is 4.99. The van der Waals surface area contributed by atoms with Crippen LogP contribution in [0.1, 0.15) is 51.5 Å². The zero-order valence-corrected chi connectivity index (χ0v) is 17.8. The van der Waals surface area contributed by atoms with Crippen molar-refractivity contribution in [2.75, 3.05) is 6.61 Å². The summed E-state index contributed by atoms with van der Waals surface area (Å²) in [6.07, 6.45) is 3.68.